The monoisotopic (exact) mass is 783 g/mol. The van der Waals surface area contributed by atoms with Crippen LogP contribution in [0.1, 0.15) is 49.1 Å². The number of rotatable bonds is 9. The third-order valence-electron chi connectivity index (χ3n) is 6.81. The molecule has 0 amide bonds. The fourth-order valence-corrected chi connectivity index (χ4v) is 7.58. The zero-order chi connectivity index (χ0) is 31.4. The maximum absolute atomic E-state index is 14.1. The number of allylic oxidation sites excluding steroid dienone is 1. The van der Waals surface area contributed by atoms with Gasteiger partial charge in [-0.15, -0.1) is 0 Å². The lowest BCUT2D eigenvalue weighted by molar-refractivity contribution is -0.139. The maximum atomic E-state index is 14.1. The second-order valence-electron chi connectivity index (χ2n) is 9.71. The van der Waals surface area contributed by atoms with Gasteiger partial charge in [-0.2, -0.15) is 5.26 Å². The lowest BCUT2D eigenvalue weighted by Crippen LogP contribution is -2.39. The Balaban J connectivity index is 1.61. The predicted octanol–water partition coefficient (Wildman–Crippen LogP) is 6.01. The molecule has 0 saturated heterocycles. The van der Waals surface area contributed by atoms with Gasteiger partial charge >= 0.3 is 5.97 Å². The number of nitriles is 1. The van der Waals surface area contributed by atoms with E-state index in [1.807, 2.05) is 55.5 Å². The summed E-state index contributed by atoms with van der Waals surface area (Å²) in [5.41, 5.74) is 3.47. The zero-order valence-electron chi connectivity index (χ0n) is 24.1. The van der Waals surface area contributed by atoms with Crippen molar-refractivity contribution in [1.29, 1.82) is 5.26 Å². The molecule has 0 radical (unpaired) electrons. The summed E-state index contributed by atoms with van der Waals surface area (Å²) in [5.74, 6) is 0.803. The number of carbonyl (C=O) groups excluding carboxylic acids is 1. The molecule has 0 bridgehead atoms. The molecule has 1 atom stereocenters. The lowest BCUT2D eigenvalue weighted by atomic mass is 9.96. The van der Waals surface area contributed by atoms with E-state index in [4.69, 9.17) is 19.5 Å². The number of aromatic nitrogens is 1. The molecule has 5 rings (SSSR count). The van der Waals surface area contributed by atoms with E-state index in [2.05, 4.69) is 49.6 Å². The number of nitrogens with zero attached hydrogens (tertiary/aromatic N) is 3. The molecule has 0 unspecified atom stereocenters. The minimum absolute atomic E-state index is 0.197. The van der Waals surface area contributed by atoms with E-state index in [0.717, 1.165) is 19.2 Å². The quantitative estimate of drug-likeness (QED) is 0.152. The minimum atomic E-state index is -0.724. The first-order valence-electron chi connectivity index (χ1n) is 13.8. The number of halogens is 2. The van der Waals surface area contributed by atoms with E-state index in [1.54, 1.807) is 36.6 Å². The molecule has 0 aliphatic carbocycles. The Morgan fingerprint density at radius 3 is 2.50 bits per heavy atom. The first-order chi connectivity index (χ1) is 21.2. The second kappa shape index (κ2) is 13.9. The van der Waals surface area contributed by atoms with Gasteiger partial charge in [0.05, 0.1) is 50.3 Å². The van der Waals surface area contributed by atoms with E-state index < -0.39 is 12.0 Å². The van der Waals surface area contributed by atoms with E-state index in [-0.39, 0.29) is 18.8 Å². The Labute approximate surface area is 280 Å². The molecule has 11 heteroatoms. The number of fused-ring (bicyclic) bond motifs is 1. The highest BCUT2D eigenvalue weighted by Crippen LogP contribution is 2.33. The maximum Gasteiger partial charge on any atom is 0.338 e. The molecule has 224 valence electrons. The van der Waals surface area contributed by atoms with E-state index in [1.165, 1.54) is 11.3 Å². The fraction of sp³-hybridized carbons (Fsp3) is 0.212. The first-order valence-corrected chi connectivity index (χ1v) is 16.5. The smallest absolute Gasteiger partial charge is 0.338 e. The van der Waals surface area contributed by atoms with Crippen LogP contribution in [0.4, 0.5) is 0 Å². The summed E-state index contributed by atoms with van der Waals surface area (Å²) in [6.45, 7) is 6.42. The van der Waals surface area contributed by atoms with Crippen molar-refractivity contribution in [1.82, 2.24) is 4.57 Å². The summed E-state index contributed by atoms with van der Waals surface area (Å²) in [6.07, 6.45) is 1.80. The molecule has 44 heavy (non-hydrogen) atoms. The molecule has 0 N–H and O–H groups in total. The van der Waals surface area contributed by atoms with Crippen molar-refractivity contribution in [3.05, 3.63) is 122 Å². The summed E-state index contributed by atoms with van der Waals surface area (Å²) in [4.78, 5) is 32.5. The van der Waals surface area contributed by atoms with Crippen LogP contribution < -0.4 is 24.4 Å². The van der Waals surface area contributed by atoms with Crippen LogP contribution in [0.25, 0.3) is 6.08 Å². The van der Waals surface area contributed by atoms with Crippen molar-refractivity contribution in [2.75, 3.05) is 13.2 Å². The largest absolute Gasteiger partial charge is 0.494 e. The zero-order valence-corrected chi connectivity index (χ0v) is 28.7. The molecule has 0 spiro atoms. The number of hydrogen-bond acceptors (Lipinski definition) is 8. The van der Waals surface area contributed by atoms with Gasteiger partial charge in [0.25, 0.3) is 5.56 Å². The summed E-state index contributed by atoms with van der Waals surface area (Å²) >= 11 is 7.03. The van der Waals surface area contributed by atoms with Gasteiger partial charge < -0.3 is 14.2 Å². The highest BCUT2D eigenvalue weighted by atomic mass is 127. The Morgan fingerprint density at radius 2 is 1.84 bits per heavy atom. The Hall–Kier alpha value is -3.73. The number of thiazole rings is 1. The Kier molecular flexibility index (Phi) is 10.0. The molecule has 1 aliphatic heterocycles. The number of benzene rings is 3. The van der Waals surface area contributed by atoms with Crippen molar-refractivity contribution in [3.8, 4) is 17.6 Å². The fourth-order valence-electron chi connectivity index (χ4n) is 4.83. The Bertz CT molecular complexity index is 1980. The highest BCUT2D eigenvalue weighted by Gasteiger charge is 2.33. The normalized spacial score (nSPS) is 14.5. The molecule has 1 aliphatic rings. The summed E-state index contributed by atoms with van der Waals surface area (Å²) in [5, 5.41) is 9.10. The molecule has 3 aromatic carbocycles. The third kappa shape index (κ3) is 6.67. The van der Waals surface area contributed by atoms with Gasteiger partial charge in [0.1, 0.15) is 18.1 Å². The van der Waals surface area contributed by atoms with Gasteiger partial charge in [0.15, 0.2) is 4.80 Å². The highest BCUT2D eigenvalue weighted by molar-refractivity contribution is 14.1. The summed E-state index contributed by atoms with van der Waals surface area (Å²) in [6, 6.07) is 19.8. The molecular weight excluding hydrogens is 757 g/mol. The van der Waals surface area contributed by atoms with Gasteiger partial charge in [-0.05, 0) is 97.0 Å². The number of ether oxygens (including phenoxy) is 3. The van der Waals surface area contributed by atoms with Crippen LogP contribution in [0.15, 0.2) is 86.2 Å². The molecule has 2 heterocycles. The molecule has 8 nitrogen and oxygen atoms in total. The minimum Gasteiger partial charge on any atom is -0.494 e. The van der Waals surface area contributed by atoms with Crippen LogP contribution >= 0.6 is 49.9 Å². The van der Waals surface area contributed by atoms with Crippen LogP contribution in [-0.4, -0.2) is 23.8 Å². The Morgan fingerprint density at radius 1 is 1.11 bits per heavy atom. The van der Waals surface area contributed by atoms with Crippen LogP contribution in [0.3, 0.4) is 0 Å². The van der Waals surface area contributed by atoms with E-state index >= 15 is 0 Å². The van der Waals surface area contributed by atoms with Crippen LogP contribution in [0.5, 0.6) is 11.5 Å². The van der Waals surface area contributed by atoms with Gasteiger partial charge in [0.2, 0.25) is 0 Å². The lowest BCUT2D eigenvalue weighted by Gasteiger charge is -2.24. The molecule has 0 fully saturated rings. The summed E-state index contributed by atoms with van der Waals surface area (Å²) in [7, 11) is 0. The average molecular weight is 784 g/mol. The van der Waals surface area contributed by atoms with E-state index in [9.17, 15) is 9.59 Å². The van der Waals surface area contributed by atoms with Crippen molar-refractivity contribution in [3.63, 3.8) is 0 Å². The molecule has 4 aromatic rings. The molecule has 1 aromatic heterocycles. The van der Waals surface area contributed by atoms with Gasteiger partial charge in [-0.3, -0.25) is 9.36 Å². The second-order valence-corrected chi connectivity index (χ2v) is 12.8. The molecular formula is C33H27BrIN3O5S. The van der Waals surface area contributed by atoms with E-state index in [0.29, 0.717) is 49.8 Å². The first kappa shape index (κ1) is 31.7. The van der Waals surface area contributed by atoms with Crippen molar-refractivity contribution < 1.29 is 19.0 Å². The number of carbonyl (C=O) groups is 1. The van der Waals surface area contributed by atoms with Crippen molar-refractivity contribution in [2.24, 2.45) is 4.99 Å². The van der Waals surface area contributed by atoms with Crippen LogP contribution in [0, 0.1) is 14.9 Å². The average Bonchev–Trinajstić information content (AvgIpc) is 3.30. The SMILES string of the molecule is CCOC(=O)C1=C(C)N=c2s/c(=C\c3cc(Br)cc(I)c3OCc3ccc(C#N)cc3)c(=O)n2[C@@H]1c1ccc(OCC)cc1. The van der Waals surface area contributed by atoms with Crippen LogP contribution in [-0.2, 0) is 16.1 Å². The molecule has 0 saturated carbocycles. The van der Waals surface area contributed by atoms with Crippen LogP contribution in [0.2, 0.25) is 0 Å². The van der Waals surface area contributed by atoms with Crippen molar-refractivity contribution >= 4 is 61.9 Å². The topological polar surface area (TPSA) is 103 Å². The third-order valence-corrected chi connectivity index (χ3v) is 9.06. The number of hydrogen-bond donors (Lipinski definition) is 0. The van der Waals surface area contributed by atoms with Gasteiger partial charge in [-0.25, -0.2) is 9.79 Å². The number of esters is 1. The van der Waals surface area contributed by atoms with Gasteiger partial charge in [0, 0.05) is 10.0 Å². The van der Waals surface area contributed by atoms with Gasteiger partial charge in [-0.1, -0.05) is 51.5 Å². The standard InChI is InChI=1S/C33H27BrIN3O5S/c1-4-41-25-12-10-22(11-13-25)29-28(32(40)42-5-2)19(3)37-33-38(29)31(39)27(44-33)15-23-14-24(34)16-26(35)30(23)43-18-21-8-6-20(17-36)7-9-21/h6-16,29H,4-5,18H2,1-3H3/b27-15-/t29-/m1/s1. The van der Waals surface area contributed by atoms with Crippen molar-refractivity contribution in [2.45, 2.75) is 33.4 Å². The summed E-state index contributed by atoms with van der Waals surface area (Å²) < 4.78 is 21.0. The predicted molar refractivity (Wildman–Crippen MR) is 180 cm³/mol.